The molecule has 5 rings (SSSR count). The van der Waals surface area contributed by atoms with E-state index < -0.39 is 0 Å². The summed E-state index contributed by atoms with van der Waals surface area (Å²) < 4.78 is 7.40. The molecule has 0 bridgehead atoms. The summed E-state index contributed by atoms with van der Waals surface area (Å²) in [6.07, 6.45) is 11.9. The van der Waals surface area contributed by atoms with E-state index in [2.05, 4.69) is 42.8 Å². The maximum absolute atomic E-state index is 13.8. The molecule has 206 valence electrons. The number of allylic oxidation sites excluding steroid dienone is 2. The number of rotatable bonds is 8. The molecule has 1 aromatic rings. The van der Waals surface area contributed by atoms with Crippen molar-refractivity contribution in [3.63, 3.8) is 0 Å². The van der Waals surface area contributed by atoms with Gasteiger partial charge in [0.1, 0.15) is 5.75 Å². The van der Waals surface area contributed by atoms with Gasteiger partial charge in [-0.05, 0) is 68.2 Å². The zero-order chi connectivity index (χ0) is 27.0. The lowest BCUT2D eigenvalue weighted by Crippen LogP contribution is -2.42. The van der Waals surface area contributed by atoms with Gasteiger partial charge < -0.3 is 9.84 Å². The van der Waals surface area contributed by atoms with Crippen LogP contribution in [-0.2, 0) is 14.3 Å². The largest absolute Gasteiger partial charge is 0.507 e. The molecule has 2 amide bonds. The van der Waals surface area contributed by atoms with Crippen molar-refractivity contribution < 1.29 is 19.4 Å². The molecule has 0 aromatic heterocycles. The number of hydrogen-bond donors (Lipinski definition) is 1. The molecule has 0 radical (unpaired) electrons. The fourth-order valence-corrected chi connectivity index (χ4v) is 7.83. The van der Waals surface area contributed by atoms with Gasteiger partial charge in [0.05, 0.1) is 24.5 Å². The predicted octanol–water partition coefficient (Wildman–Crippen LogP) is 7.42. The normalized spacial score (nSPS) is 28.4. The molecule has 1 saturated carbocycles. The number of ether oxygens (including phenoxy) is 1. The highest BCUT2D eigenvalue weighted by Crippen LogP contribution is 2.52. The molecule has 0 spiro atoms. The van der Waals surface area contributed by atoms with Crippen molar-refractivity contribution in [1.82, 2.24) is 4.90 Å². The molecule has 38 heavy (non-hydrogen) atoms. The Morgan fingerprint density at radius 2 is 1.89 bits per heavy atom. The van der Waals surface area contributed by atoms with E-state index in [0.29, 0.717) is 18.9 Å². The third-order valence-electron chi connectivity index (χ3n) is 9.26. The number of halogens is 1. The molecule has 2 aliphatic heterocycles. The molecule has 2 saturated heterocycles. The van der Waals surface area contributed by atoms with Crippen molar-refractivity contribution in [1.29, 1.82) is 0 Å². The smallest absolute Gasteiger partial charge is 0.234 e. The lowest BCUT2D eigenvalue weighted by Gasteiger charge is -2.33. The SMILES string of the molecule is CCC/C(=C\c1cc(Br)ccc1O)CC[C@H]1OC[C@H]2C1=C(C(C)C)C[C@H]1C(=O)N(C3CCCCC3)C(=O)[C@H]12. The maximum Gasteiger partial charge on any atom is 0.234 e. The van der Waals surface area contributed by atoms with Gasteiger partial charge in [-0.2, -0.15) is 0 Å². The third-order valence-corrected chi connectivity index (χ3v) is 9.76. The maximum atomic E-state index is 13.8. The van der Waals surface area contributed by atoms with E-state index >= 15 is 0 Å². The molecule has 0 unspecified atom stereocenters. The second-order valence-electron chi connectivity index (χ2n) is 12.0. The number of carbonyl (C=O) groups excluding carboxylic acids is 2. The quantitative estimate of drug-likeness (QED) is 0.255. The molecular formula is C32H42BrNO4. The van der Waals surface area contributed by atoms with Crippen molar-refractivity contribution in [2.24, 2.45) is 23.7 Å². The minimum absolute atomic E-state index is 0.0126. The fraction of sp³-hybridized carbons (Fsp3) is 0.625. The van der Waals surface area contributed by atoms with Gasteiger partial charge in [-0.3, -0.25) is 14.5 Å². The van der Waals surface area contributed by atoms with Gasteiger partial charge in [0, 0.05) is 22.0 Å². The van der Waals surface area contributed by atoms with Gasteiger partial charge in [0.15, 0.2) is 0 Å². The van der Waals surface area contributed by atoms with Crippen molar-refractivity contribution in [3.8, 4) is 5.75 Å². The van der Waals surface area contributed by atoms with Gasteiger partial charge in [0.25, 0.3) is 0 Å². The first kappa shape index (κ1) is 27.6. The number of aromatic hydroxyl groups is 1. The zero-order valence-electron chi connectivity index (χ0n) is 23.0. The van der Waals surface area contributed by atoms with E-state index in [1.165, 1.54) is 23.1 Å². The Kier molecular flexibility index (Phi) is 8.49. The lowest BCUT2D eigenvalue weighted by atomic mass is 9.67. The van der Waals surface area contributed by atoms with Crippen LogP contribution in [0.1, 0.15) is 90.5 Å². The monoisotopic (exact) mass is 583 g/mol. The summed E-state index contributed by atoms with van der Waals surface area (Å²) in [5, 5.41) is 10.4. The van der Waals surface area contributed by atoms with E-state index in [1.807, 2.05) is 12.1 Å². The van der Waals surface area contributed by atoms with Crippen LogP contribution in [0, 0.1) is 23.7 Å². The first-order valence-electron chi connectivity index (χ1n) is 14.7. The Hall–Kier alpha value is -1.92. The molecule has 2 heterocycles. The van der Waals surface area contributed by atoms with Crippen molar-refractivity contribution in [2.45, 2.75) is 97.1 Å². The van der Waals surface area contributed by atoms with E-state index in [-0.39, 0.29) is 47.5 Å². The number of phenols is 1. The fourth-order valence-electron chi connectivity index (χ4n) is 7.45. The van der Waals surface area contributed by atoms with Crippen LogP contribution in [0.2, 0.25) is 0 Å². The van der Waals surface area contributed by atoms with Gasteiger partial charge >= 0.3 is 0 Å². The van der Waals surface area contributed by atoms with Crippen molar-refractivity contribution in [2.75, 3.05) is 6.61 Å². The van der Waals surface area contributed by atoms with E-state index in [9.17, 15) is 14.7 Å². The summed E-state index contributed by atoms with van der Waals surface area (Å²) in [4.78, 5) is 29.1. The Labute approximate surface area is 235 Å². The summed E-state index contributed by atoms with van der Waals surface area (Å²) in [6.45, 7) is 7.15. The molecule has 1 aromatic carbocycles. The lowest BCUT2D eigenvalue weighted by molar-refractivity contribution is -0.143. The average molecular weight is 585 g/mol. The molecule has 3 fully saturated rings. The van der Waals surface area contributed by atoms with Gasteiger partial charge in [-0.1, -0.05) is 79.6 Å². The number of benzene rings is 1. The van der Waals surface area contributed by atoms with Crippen LogP contribution in [0.3, 0.4) is 0 Å². The van der Waals surface area contributed by atoms with Crippen LogP contribution in [0.15, 0.2) is 39.4 Å². The third kappa shape index (κ3) is 5.28. The minimum atomic E-state index is -0.254. The first-order chi connectivity index (χ1) is 18.3. The molecule has 2 aliphatic carbocycles. The van der Waals surface area contributed by atoms with Crippen molar-refractivity contribution in [3.05, 3.63) is 45.0 Å². The Balaban J connectivity index is 1.37. The summed E-state index contributed by atoms with van der Waals surface area (Å²) in [5.41, 5.74) is 4.78. The van der Waals surface area contributed by atoms with Crippen LogP contribution >= 0.6 is 15.9 Å². The van der Waals surface area contributed by atoms with Gasteiger partial charge in [-0.25, -0.2) is 0 Å². The molecule has 4 aliphatic rings. The second-order valence-corrected chi connectivity index (χ2v) is 12.9. The topological polar surface area (TPSA) is 66.8 Å². The number of likely N-dealkylation sites (tertiary alicyclic amines) is 1. The highest BCUT2D eigenvalue weighted by Gasteiger charge is 2.58. The standard InChI is InChI=1S/C32H42BrNO4/c1-4-8-20(15-21-16-22(33)12-13-27(21)35)11-14-28-29-24(19(2)3)17-25-30(26(29)18-38-28)32(37)34(31(25)36)23-9-6-5-7-10-23/h12-13,15-16,19,23,25-26,28,30,35H,4-11,14,17-18H2,1-3H3/b20-15+/t25-,26+,28-,30-/m1/s1. The summed E-state index contributed by atoms with van der Waals surface area (Å²) >= 11 is 3.52. The van der Waals surface area contributed by atoms with Gasteiger partial charge in [0.2, 0.25) is 11.8 Å². The van der Waals surface area contributed by atoms with Crippen LogP contribution in [0.25, 0.3) is 6.08 Å². The van der Waals surface area contributed by atoms with E-state index in [0.717, 1.165) is 61.4 Å². The number of hydrogen-bond acceptors (Lipinski definition) is 4. The number of nitrogens with zero attached hydrogens (tertiary/aromatic N) is 1. The number of imide groups is 1. The molecule has 4 atom stereocenters. The number of fused-ring (bicyclic) bond motifs is 3. The molecule has 5 nitrogen and oxygen atoms in total. The van der Waals surface area contributed by atoms with Crippen LogP contribution in [0.4, 0.5) is 0 Å². The second kappa shape index (κ2) is 11.7. The number of phenolic OH excluding ortho intramolecular Hbond substituents is 1. The van der Waals surface area contributed by atoms with Crippen molar-refractivity contribution >= 4 is 33.8 Å². The Morgan fingerprint density at radius 3 is 2.61 bits per heavy atom. The number of carbonyl (C=O) groups is 2. The van der Waals surface area contributed by atoms with Crippen LogP contribution in [-0.4, -0.2) is 40.6 Å². The molecule has 6 heteroatoms. The van der Waals surface area contributed by atoms with Gasteiger partial charge in [-0.15, -0.1) is 0 Å². The molecule has 1 N–H and O–H groups in total. The van der Waals surface area contributed by atoms with Crippen LogP contribution < -0.4 is 0 Å². The minimum Gasteiger partial charge on any atom is -0.507 e. The van der Waals surface area contributed by atoms with E-state index in [1.54, 1.807) is 11.0 Å². The highest BCUT2D eigenvalue weighted by molar-refractivity contribution is 9.10. The Morgan fingerprint density at radius 1 is 1.13 bits per heavy atom. The number of amides is 2. The van der Waals surface area contributed by atoms with Crippen LogP contribution in [0.5, 0.6) is 5.75 Å². The molecular weight excluding hydrogens is 542 g/mol. The average Bonchev–Trinajstić information content (AvgIpc) is 3.43. The predicted molar refractivity (Wildman–Crippen MR) is 153 cm³/mol. The summed E-state index contributed by atoms with van der Waals surface area (Å²) in [7, 11) is 0. The highest BCUT2D eigenvalue weighted by atomic mass is 79.9. The Bertz CT molecular complexity index is 1130. The summed E-state index contributed by atoms with van der Waals surface area (Å²) in [5.74, 6) is 0.313. The first-order valence-corrected chi connectivity index (χ1v) is 15.5. The zero-order valence-corrected chi connectivity index (χ0v) is 24.6. The summed E-state index contributed by atoms with van der Waals surface area (Å²) in [6, 6.07) is 5.61. The van der Waals surface area contributed by atoms with E-state index in [4.69, 9.17) is 4.74 Å².